The molecule has 0 rings (SSSR count). The molecule has 3 nitrogen and oxygen atoms in total. The van der Waals surface area contributed by atoms with Crippen LogP contribution in [0.4, 0.5) is 0 Å². The highest BCUT2D eigenvalue weighted by molar-refractivity contribution is 5.75. The summed E-state index contributed by atoms with van der Waals surface area (Å²) in [4.78, 5) is 13.1. The topological polar surface area (TPSA) is 46.3 Å². The Bertz CT molecular complexity index is 229. The SMILES string of the molecule is CN(C)C(=O)CCCCCCCCCCCCCCCN. The second-order valence-corrected chi connectivity index (χ2v) is 6.42. The van der Waals surface area contributed by atoms with E-state index in [1.54, 1.807) is 4.90 Å². The quantitative estimate of drug-likeness (QED) is 0.453. The lowest BCUT2D eigenvalue weighted by Gasteiger charge is -2.09. The first-order chi connectivity index (χ1) is 10.2. The zero-order chi connectivity index (χ0) is 15.8. The van der Waals surface area contributed by atoms with Crippen LogP contribution >= 0.6 is 0 Å². The molecule has 126 valence electrons. The van der Waals surface area contributed by atoms with Crippen molar-refractivity contribution in [2.75, 3.05) is 20.6 Å². The Morgan fingerprint density at radius 3 is 1.33 bits per heavy atom. The molecule has 0 aromatic carbocycles. The third-order valence-corrected chi connectivity index (χ3v) is 4.09. The smallest absolute Gasteiger partial charge is 0.222 e. The van der Waals surface area contributed by atoms with Gasteiger partial charge in [-0.1, -0.05) is 70.6 Å². The molecule has 0 unspecified atom stereocenters. The summed E-state index contributed by atoms with van der Waals surface area (Å²) in [5.41, 5.74) is 5.48. The largest absolute Gasteiger partial charge is 0.349 e. The van der Waals surface area contributed by atoms with Crippen LogP contribution in [0.25, 0.3) is 0 Å². The summed E-state index contributed by atoms with van der Waals surface area (Å²) in [6, 6.07) is 0. The number of nitrogens with zero attached hydrogens (tertiary/aromatic N) is 1. The van der Waals surface area contributed by atoms with Crippen LogP contribution in [0.1, 0.15) is 89.9 Å². The van der Waals surface area contributed by atoms with E-state index in [0.29, 0.717) is 0 Å². The predicted molar refractivity (Wildman–Crippen MR) is 92.4 cm³/mol. The Hall–Kier alpha value is -0.570. The number of rotatable bonds is 15. The zero-order valence-electron chi connectivity index (χ0n) is 14.5. The van der Waals surface area contributed by atoms with Crippen molar-refractivity contribution in [2.45, 2.75) is 89.9 Å². The minimum absolute atomic E-state index is 0.265. The molecule has 1 amide bonds. The third-order valence-electron chi connectivity index (χ3n) is 4.09. The second-order valence-electron chi connectivity index (χ2n) is 6.42. The third kappa shape index (κ3) is 15.6. The number of hydrogen-bond donors (Lipinski definition) is 1. The summed E-state index contributed by atoms with van der Waals surface area (Å²) in [5, 5.41) is 0. The van der Waals surface area contributed by atoms with Crippen molar-refractivity contribution in [3.63, 3.8) is 0 Å². The van der Waals surface area contributed by atoms with E-state index in [-0.39, 0.29) is 5.91 Å². The molecule has 0 aliphatic rings. The van der Waals surface area contributed by atoms with Gasteiger partial charge < -0.3 is 10.6 Å². The molecular weight excluding hydrogens is 260 g/mol. The molecule has 0 aromatic rings. The maximum atomic E-state index is 11.4. The molecule has 0 aliphatic carbocycles. The molecule has 2 N–H and O–H groups in total. The van der Waals surface area contributed by atoms with E-state index in [0.717, 1.165) is 19.4 Å². The Labute approximate surface area is 132 Å². The lowest BCUT2D eigenvalue weighted by atomic mass is 10.0. The molecular formula is C18H38N2O. The van der Waals surface area contributed by atoms with Crippen LogP contribution in [-0.2, 0) is 4.79 Å². The average molecular weight is 299 g/mol. The lowest BCUT2D eigenvalue weighted by molar-refractivity contribution is -0.128. The molecule has 0 aromatic heterocycles. The van der Waals surface area contributed by atoms with Gasteiger partial charge in [0.1, 0.15) is 0 Å². The van der Waals surface area contributed by atoms with Gasteiger partial charge in [0.2, 0.25) is 5.91 Å². The number of carbonyl (C=O) groups excluding carboxylic acids is 1. The standard InChI is InChI=1S/C18H38N2O/c1-20(2)18(21)16-14-12-10-8-6-4-3-5-7-9-11-13-15-17-19/h3-17,19H2,1-2H3. The highest BCUT2D eigenvalue weighted by atomic mass is 16.2. The van der Waals surface area contributed by atoms with Crippen LogP contribution in [0.3, 0.4) is 0 Å². The number of nitrogens with two attached hydrogens (primary N) is 1. The van der Waals surface area contributed by atoms with Crippen molar-refractivity contribution < 1.29 is 4.79 Å². The van der Waals surface area contributed by atoms with Crippen molar-refractivity contribution in [3.05, 3.63) is 0 Å². The molecule has 3 heteroatoms. The molecule has 0 atom stereocenters. The fraction of sp³-hybridized carbons (Fsp3) is 0.944. The normalized spacial score (nSPS) is 10.8. The lowest BCUT2D eigenvalue weighted by Crippen LogP contribution is -2.20. The number of hydrogen-bond acceptors (Lipinski definition) is 2. The first kappa shape index (κ1) is 20.4. The zero-order valence-corrected chi connectivity index (χ0v) is 14.5. The van der Waals surface area contributed by atoms with E-state index in [1.165, 1.54) is 77.0 Å². The molecule has 0 fully saturated rings. The van der Waals surface area contributed by atoms with Crippen LogP contribution in [0.2, 0.25) is 0 Å². The van der Waals surface area contributed by atoms with E-state index in [4.69, 9.17) is 5.73 Å². The monoisotopic (exact) mass is 298 g/mol. The van der Waals surface area contributed by atoms with Crippen LogP contribution in [0.15, 0.2) is 0 Å². The van der Waals surface area contributed by atoms with E-state index >= 15 is 0 Å². The molecule has 0 spiro atoms. The Balaban J connectivity index is 3.04. The number of carbonyl (C=O) groups is 1. The van der Waals surface area contributed by atoms with Gasteiger partial charge >= 0.3 is 0 Å². The Morgan fingerprint density at radius 2 is 1.00 bits per heavy atom. The maximum Gasteiger partial charge on any atom is 0.222 e. The first-order valence-corrected chi connectivity index (χ1v) is 9.08. The Kier molecular flexibility index (Phi) is 15.4. The summed E-state index contributed by atoms with van der Waals surface area (Å²) in [5.74, 6) is 0.265. The van der Waals surface area contributed by atoms with Gasteiger partial charge in [0.05, 0.1) is 0 Å². The molecule has 0 heterocycles. The first-order valence-electron chi connectivity index (χ1n) is 9.08. The van der Waals surface area contributed by atoms with E-state index in [9.17, 15) is 4.79 Å². The minimum Gasteiger partial charge on any atom is -0.349 e. The minimum atomic E-state index is 0.265. The van der Waals surface area contributed by atoms with E-state index < -0.39 is 0 Å². The van der Waals surface area contributed by atoms with Crippen molar-refractivity contribution in [1.29, 1.82) is 0 Å². The summed E-state index contributed by atoms with van der Waals surface area (Å²) in [7, 11) is 3.67. The molecule has 0 radical (unpaired) electrons. The van der Waals surface area contributed by atoms with E-state index in [1.807, 2.05) is 14.1 Å². The van der Waals surface area contributed by atoms with Gasteiger partial charge in [0, 0.05) is 20.5 Å². The average Bonchev–Trinajstić information content (AvgIpc) is 2.47. The van der Waals surface area contributed by atoms with Crippen LogP contribution in [0, 0.1) is 0 Å². The summed E-state index contributed by atoms with van der Waals surface area (Å²) in [6.07, 6.45) is 17.8. The van der Waals surface area contributed by atoms with Crippen LogP contribution in [0.5, 0.6) is 0 Å². The predicted octanol–water partition coefficient (Wildman–Crippen LogP) is 4.49. The fourth-order valence-corrected chi connectivity index (χ4v) is 2.59. The summed E-state index contributed by atoms with van der Waals surface area (Å²) < 4.78 is 0. The van der Waals surface area contributed by atoms with Crippen molar-refractivity contribution in [1.82, 2.24) is 4.90 Å². The van der Waals surface area contributed by atoms with Gasteiger partial charge in [-0.2, -0.15) is 0 Å². The summed E-state index contributed by atoms with van der Waals surface area (Å²) in [6.45, 7) is 0.851. The molecule has 0 bridgehead atoms. The highest BCUT2D eigenvalue weighted by Crippen LogP contribution is 2.13. The van der Waals surface area contributed by atoms with Gasteiger partial charge in [-0.3, -0.25) is 4.79 Å². The number of unbranched alkanes of at least 4 members (excludes halogenated alkanes) is 12. The molecule has 0 saturated carbocycles. The van der Waals surface area contributed by atoms with Gasteiger partial charge in [0.15, 0.2) is 0 Å². The van der Waals surface area contributed by atoms with Crippen LogP contribution in [-0.4, -0.2) is 31.4 Å². The van der Waals surface area contributed by atoms with Gasteiger partial charge in [-0.15, -0.1) is 0 Å². The van der Waals surface area contributed by atoms with Crippen molar-refractivity contribution in [3.8, 4) is 0 Å². The molecule has 21 heavy (non-hydrogen) atoms. The summed E-state index contributed by atoms with van der Waals surface area (Å²) >= 11 is 0. The van der Waals surface area contributed by atoms with Crippen LogP contribution < -0.4 is 5.73 Å². The number of amides is 1. The van der Waals surface area contributed by atoms with Gasteiger partial charge in [0.25, 0.3) is 0 Å². The maximum absolute atomic E-state index is 11.4. The molecule has 0 saturated heterocycles. The molecule has 0 aliphatic heterocycles. The van der Waals surface area contributed by atoms with Gasteiger partial charge in [-0.25, -0.2) is 0 Å². The van der Waals surface area contributed by atoms with Crippen molar-refractivity contribution >= 4 is 5.91 Å². The second kappa shape index (κ2) is 15.8. The van der Waals surface area contributed by atoms with Gasteiger partial charge in [-0.05, 0) is 19.4 Å². The van der Waals surface area contributed by atoms with Crippen molar-refractivity contribution in [2.24, 2.45) is 5.73 Å². The van der Waals surface area contributed by atoms with E-state index in [2.05, 4.69) is 0 Å². The fourth-order valence-electron chi connectivity index (χ4n) is 2.59. The Morgan fingerprint density at radius 1 is 0.667 bits per heavy atom. The highest BCUT2D eigenvalue weighted by Gasteiger charge is 2.02.